The van der Waals surface area contributed by atoms with Gasteiger partial charge in [-0.2, -0.15) is 5.26 Å². The molecular formula is C25H28N4O5. The number of cyclic esters (lactones) is 1. The fourth-order valence-corrected chi connectivity index (χ4v) is 4.21. The van der Waals surface area contributed by atoms with Crippen molar-refractivity contribution in [3.8, 4) is 6.07 Å². The van der Waals surface area contributed by atoms with Gasteiger partial charge in [0.15, 0.2) is 6.23 Å². The number of benzene rings is 2. The molecule has 2 atom stereocenters. The van der Waals surface area contributed by atoms with Crippen LogP contribution in [0, 0.1) is 11.3 Å². The Morgan fingerprint density at radius 3 is 2.59 bits per heavy atom. The van der Waals surface area contributed by atoms with Gasteiger partial charge in [-0.25, -0.2) is 9.59 Å². The molecule has 2 unspecified atom stereocenters. The smallest absolute Gasteiger partial charge is 0.443 e. The van der Waals surface area contributed by atoms with Crippen LogP contribution < -0.4 is 4.90 Å². The first kappa shape index (κ1) is 23.5. The molecule has 2 saturated heterocycles. The van der Waals surface area contributed by atoms with Crippen molar-refractivity contribution in [2.24, 2.45) is 0 Å². The van der Waals surface area contributed by atoms with E-state index in [4.69, 9.17) is 19.5 Å². The highest BCUT2D eigenvalue weighted by Crippen LogP contribution is 2.24. The summed E-state index contributed by atoms with van der Waals surface area (Å²) in [5, 5.41) is 8.97. The average Bonchev–Trinajstić information content (AvgIpc) is 3.21. The minimum absolute atomic E-state index is 0.247. The fourth-order valence-electron chi connectivity index (χ4n) is 4.21. The largest absolute Gasteiger partial charge is 0.509 e. The minimum Gasteiger partial charge on any atom is -0.443 e. The van der Waals surface area contributed by atoms with Crippen LogP contribution in [0.5, 0.6) is 0 Å². The number of ether oxygens (including phenoxy) is 3. The Hall–Kier alpha value is -3.61. The van der Waals surface area contributed by atoms with Crippen molar-refractivity contribution in [3.63, 3.8) is 0 Å². The van der Waals surface area contributed by atoms with Crippen molar-refractivity contribution < 1.29 is 23.8 Å². The van der Waals surface area contributed by atoms with Crippen molar-refractivity contribution in [1.82, 2.24) is 9.80 Å². The van der Waals surface area contributed by atoms with Crippen LogP contribution in [-0.4, -0.2) is 73.7 Å². The first-order valence-corrected chi connectivity index (χ1v) is 11.4. The standard InChI is InChI=1S/C25H28N4O5/c1-2-32-25(31)34-23-18-27(12-13-28(23)15-20-6-4-3-5-7-20)16-22-17-29(24(30)33-22)21-10-8-19(14-26)9-11-21/h3-11,22-23H,2,12-13,15-18H2,1H3. The van der Waals surface area contributed by atoms with Gasteiger partial charge in [0.25, 0.3) is 0 Å². The number of rotatable bonds is 7. The van der Waals surface area contributed by atoms with Crippen molar-refractivity contribution in [1.29, 1.82) is 5.26 Å². The highest BCUT2D eigenvalue weighted by molar-refractivity contribution is 5.89. The summed E-state index contributed by atoms with van der Waals surface area (Å²) in [5.41, 5.74) is 2.37. The van der Waals surface area contributed by atoms with Gasteiger partial charge in [-0.05, 0) is 36.8 Å². The second kappa shape index (κ2) is 11.0. The molecule has 2 fully saturated rings. The number of hydrogen-bond donors (Lipinski definition) is 0. The lowest BCUT2D eigenvalue weighted by Gasteiger charge is -2.40. The Labute approximate surface area is 199 Å². The van der Waals surface area contributed by atoms with E-state index in [0.717, 1.165) is 12.1 Å². The van der Waals surface area contributed by atoms with Crippen LogP contribution in [0.2, 0.25) is 0 Å². The molecule has 0 aliphatic carbocycles. The van der Waals surface area contributed by atoms with E-state index in [0.29, 0.717) is 44.0 Å². The lowest BCUT2D eigenvalue weighted by Crippen LogP contribution is -2.55. The number of carbonyl (C=O) groups excluding carboxylic acids is 2. The molecule has 1 amide bonds. The van der Waals surface area contributed by atoms with E-state index in [1.54, 1.807) is 36.1 Å². The summed E-state index contributed by atoms with van der Waals surface area (Å²) >= 11 is 0. The van der Waals surface area contributed by atoms with Gasteiger partial charge in [0.1, 0.15) is 6.10 Å². The fraction of sp³-hybridized carbons (Fsp3) is 0.400. The monoisotopic (exact) mass is 464 g/mol. The molecule has 34 heavy (non-hydrogen) atoms. The van der Waals surface area contributed by atoms with Gasteiger partial charge in [0.2, 0.25) is 0 Å². The second-order valence-electron chi connectivity index (χ2n) is 8.25. The molecular weight excluding hydrogens is 436 g/mol. The predicted octanol–water partition coefficient (Wildman–Crippen LogP) is 3.20. The molecule has 0 saturated carbocycles. The van der Waals surface area contributed by atoms with Crippen LogP contribution >= 0.6 is 0 Å². The number of anilines is 1. The zero-order valence-electron chi connectivity index (χ0n) is 19.1. The molecule has 0 radical (unpaired) electrons. The summed E-state index contributed by atoms with van der Waals surface area (Å²) in [7, 11) is 0. The summed E-state index contributed by atoms with van der Waals surface area (Å²) in [4.78, 5) is 30.3. The van der Waals surface area contributed by atoms with E-state index in [-0.39, 0.29) is 12.7 Å². The number of piperazine rings is 1. The number of carbonyl (C=O) groups is 2. The first-order valence-electron chi connectivity index (χ1n) is 11.4. The van der Waals surface area contributed by atoms with Crippen LogP contribution in [0.4, 0.5) is 15.3 Å². The van der Waals surface area contributed by atoms with Gasteiger partial charge < -0.3 is 14.2 Å². The van der Waals surface area contributed by atoms with Gasteiger partial charge in [-0.15, -0.1) is 0 Å². The van der Waals surface area contributed by atoms with Crippen molar-refractivity contribution in [2.75, 3.05) is 44.2 Å². The van der Waals surface area contributed by atoms with E-state index >= 15 is 0 Å². The number of nitrogens with zero attached hydrogens (tertiary/aromatic N) is 4. The SMILES string of the molecule is CCOC(=O)OC1CN(CC2CN(c3ccc(C#N)cc3)C(=O)O2)CCN1Cc1ccccc1. The molecule has 178 valence electrons. The molecule has 2 aliphatic heterocycles. The summed E-state index contributed by atoms with van der Waals surface area (Å²) in [5.74, 6) is 0. The molecule has 4 rings (SSSR count). The molecule has 2 aromatic carbocycles. The highest BCUT2D eigenvalue weighted by atomic mass is 16.7. The molecule has 0 bridgehead atoms. The maximum Gasteiger partial charge on any atom is 0.509 e. The molecule has 2 aliphatic rings. The highest BCUT2D eigenvalue weighted by Gasteiger charge is 2.36. The normalized spacial score (nSPS) is 21.1. The minimum atomic E-state index is -0.688. The Balaban J connectivity index is 1.38. The Morgan fingerprint density at radius 1 is 1.12 bits per heavy atom. The van der Waals surface area contributed by atoms with Crippen LogP contribution in [0.25, 0.3) is 0 Å². The van der Waals surface area contributed by atoms with Crippen molar-refractivity contribution in [2.45, 2.75) is 25.8 Å². The molecule has 9 nitrogen and oxygen atoms in total. The first-order chi connectivity index (χ1) is 16.6. The van der Waals surface area contributed by atoms with Crippen molar-refractivity contribution in [3.05, 3.63) is 65.7 Å². The summed E-state index contributed by atoms with van der Waals surface area (Å²) in [6.45, 7) is 5.51. The average molecular weight is 465 g/mol. The lowest BCUT2D eigenvalue weighted by molar-refractivity contribution is -0.0920. The van der Waals surface area contributed by atoms with E-state index in [2.05, 4.69) is 15.9 Å². The molecule has 0 spiro atoms. The van der Waals surface area contributed by atoms with Crippen molar-refractivity contribution >= 4 is 17.9 Å². The maximum absolute atomic E-state index is 12.4. The van der Waals surface area contributed by atoms with E-state index in [9.17, 15) is 9.59 Å². The second-order valence-corrected chi connectivity index (χ2v) is 8.25. The number of hydrogen-bond acceptors (Lipinski definition) is 8. The Bertz CT molecular complexity index is 1020. The van der Waals surface area contributed by atoms with Gasteiger partial charge in [-0.3, -0.25) is 14.7 Å². The third kappa shape index (κ3) is 5.84. The van der Waals surface area contributed by atoms with Gasteiger partial charge in [-0.1, -0.05) is 30.3 Å². The molecule has 0 N–H and O–H groups in total. The van der Waals surface area contributed by atoms with Crippen LogP contribution in [0.1, 0.15) is 18.1 Å². The summed E-state index contributed by atoms with van der Waals surface area (Å²) in [6.07, 6.45) is -1.88. The lowest BCUT2D eigenvalue weighted by atomic mass is 10.1. The number of nitriles is 1. The topological polar surface area (TPSA) is 95.3 Å². The third-order valence-electron chi connectivity index (χ3n) is 5.89. The Kier molecular flexibility index (Phi) is 7.62. The predicted molar refractivity (Wildman–Crippen MR) is 124 cm³/mol. The van der Waals surface area contributed by atoms with E-state index < -0.39 is 18.5 Å². The summed E-state index contributed by atoms with van der Waals surface area (Å²) < 4.78 is 16.2. The zero-order chi connectivity index (χ0) is 23.9. The van der Waals surface area contributed by atoms with E-state index in [1.165, 1.54) is 0 Å². The van der Waals surface area contributed by atoms with Gasteiger partial charge in [0, 0.05) is 38.4 Å². The van der Waals surface area contributed by atoms with Crippen LogP contribution in [0.15, 0.2) is 54.6 Å². The molecule has 0 aromatic heterocycles. The number of amides is 1. The maximum atomic E-state index is 12.4. The summed E-state index contributed by atoms with van der Waals surface area (Å²) in [6, 6.07) is 19.0. The molecule has 9 heteroatoms. The quantitative estimate of drug-likeness (QED) is 0.577. The zero-order valence-corrected chi connectivity index (χ0v) is 19.1. The third-order valence-corrected chi connectivity index (χ3v) is 5.89. The van der Waals surface area contributed by atoms with E-state index in [1.807, 2.05) is 30.3 Å². The molecule has 2 aromatic rings. The van der Waals surface area contributed by atoms with Crippen LogP contribution in [-0.2, 0) is 20.8 Å². The Morgan fingerprint density at radius 2 is 1.88 bits per heavy atom. The van der Waals surface area contributed by atoms with Gasteiger partial charge in [0.05, 0.1) is 24.8 Å². The molecule has 2 heterocycles. The van der Waals surface area contributed by atoms with Gasteiger partial charge >= 0.3 is 12.2 Å². The van der Waals surface area contributed by atoms with Crippen LogP contribution in [0.3, 0.4) is 0 Å².